The Morgan fingerprint density at radius 1 is 1.67 bits per heavy atom. The zero-order valence-corrected chi connectivity index (χ0v) is 7.47. The highest BCUT2D eigenvalue weighted by molar-refractivity contribution is 5.85. The van der Waals surface area contributed by atoms with Gasteiger partial charge in [0.05, 0.1) is 0 Å². The number of aromatic nitrogens is 1. The molecule has 0 fully saturated rings. The molecule has 1 aromatic heterocycles. The van der Waals surface area contributed by atoms with Gasteiger partial charge in [0.25, 0.3) is 1.43 Å². The summed E-state index contributed by atoms with van der Waals surface area (Å²) in [5, 5.41) is 3.84. The van der Waals surface area contributed by atoms with Crippen LogP contribution >= 0.6 is 0 Å². The van der Waals surface area contributed by atoms with Crippen LogP contribution in [0.4, 0.5) is 0 Å². The number of rotatable bonds is 1. The Hall–Kier alpha value is -1.25. The first-order chi connectivity index (χ1) is 5.95. The molecule has 0 aliphatic carbocycles. The van der Waals surface area contributed by atoms with E-state index in [1.807, 2.05) is 20.8 Å². The van der Waals surface area contributed by atoms with Crippen LogP contribution in [-0.2, 0) is 5.41 Å². The van der Waals surface area contributed by atoms with Crippen LogP contribution in [-0.4, -0.2) is 16.1 Å². The Kier molecular flexibility index (Phi) is 1.64. The minimum Gasteiger partial charge on any atom is -0.477 e. The van der Waals surface area contributed by atoms with Crippen molar-refractivity contribution in [3.05, 3.63) is 23.5 Å². The average molecular weight is 168 g/mol. The summed E-state index contributed by atoms with van der Waals surface area (Å²) in [6.07, 6.45) is 1.76. The largest absolute Gasteiger partial charge is 0.477 e. The number of carboxylic acid groups (broad SMARTS) is 1. The van der Waals surface area contributed by atoms with Crippen LogP contribution < -0.4 is 0 Å². The van der Waals surface area contributed by atoms with E-state index in [9.17, 15) is 4.79 Å². The lowest BCUT2D eigenvalue weighted by molar-refractivity contribution is 0.0691. The van der Waals surface area contributed by atoms with Crippen molar-refractivity contribution in [3.63, 3.8) is 0 Å². The van der Waals surface area contributed by atoms with Gasteiger partial charge in [-0.15, -0.1) is 0 Å². The standard InChI is InChI=1S/C9H13NO2/c1-9(2,3)6-4-7(8(11)12)10-5-6/h4-5,10H,1-3H3,(H,11,12)/i/hD. The van der Waals surface area contributed by atoms with Gasteiger partial charge in [-0.2, -0.15) is 0 Å². The van der Waals surface area contributed by atoms with Crippen LogP contribution in [0.3, 0.4) is 0 Å². The molecule has 2 N–H and O–H groups in total. The lowest BCUT2D eigenvalue weighted by Gasteiger charge is -2.15. The molecule has 0 aliphatic rings. The van der Waals surface area contributed by atoms with Gasteiger partial charge < -0.3 is 10.1 Å². The minimum atomic E-state index is -0.657. The van der Waals surface area contributed by atoms with Crippen molar-refractivity contribution in [3.8, 4) is 0 Å². The van der Waals surface area contributed by atoms with E-state index in [1.165, 1.54) is 0 Å². The van der Waals surface area contributed by atoms with E-state index in [1.54, 1.807) is 12.3 Å². The van der Waals surface area contributed by atoms with Crippen molar-refractivity contribution >= 4 is 5.97 Å². The third kappa shape index (κ3) is 1.67. The van der Waals surface area contributed by atoms with Crippen molar-refractivity contribution in [2.75, 3.05) is 0 Å². The summed E-state index contributed by atoms with van der Waals surface area (Å²) >= 11 is 0. The minimum absolute atomic E-state index is 0.00292. The van der Waals surface area contributed by atoms with Crippen molar-refractivity contribution in [1.82, 2.24) is 4.98 Å². The van der Waals surface area contributed by atoms with Crippen molar-refractivity contribution in [1.29, 1.82) is 1.43 Å². The van der Waals surface area contributed by atoms with Gasteiger partial charge in [0, 0.05) is 6.20 Å². The van der Waals surface area contributed by atoms with Crippen LogP contribution in [0, 0.1) is 0 Å². The van der Waals surface area contributed by atoms with Crippen molar-refractivity contribution in [2.45, 2.75) is 26.2 Å². The number of carboxylic acids is 1. The van der Waals surface area contributed by atoms with Crippen LogP contribution in [0.1, 0.15) is 36.8 Å². The second-order valence-electron chi connectivity index (χ2n) is 3.84. The molecule has 0 amide bonds. The van der Waals surface area contributed by atoms with E-state index in [2.05, 4.69) is 10.1 Å². The molecule has 0 saturated carbocycles. The molecule has 3 heteroatoms. The molecule has 1 aromatic rings. The number of hydrogen-bond donors (Lipinski definition) is 2. The van der Waals surface area contributed by atoms with Crippen molar-refractivity contribution in [2.24, 2.45) is 0 Å². The molecule has 0 aliphatic heterocycles. The Bertz CT molecular complexity index is 312. The first-order valence-electron chi connectivity index (χ1n) is 4.22. The first-order valence-corrected chi connectivity index (χ1v) is 3.81. The summed E-state index contributed by atoms with van der Waals surface area (Å²) in [7, 11) is 0. The SMILES string of the molecule is [2H]OC(=O)c1cc(C(C)(C)C)c[nH]1. The van der Waals surface area contributed by atoms with E-state index < -0.39 is 5.97 Å². The third-order valence-electron chi connectivity index (χ3n) is 1.77. The van der Waals surface area contributed by atoms with Gasteiger partial charge in [0.1, 0.15) is 5.69 Å². The number of hydrogen-bond acceptors (Lipinski definition) is 2. The normalized spacial score (nSPS) is 12.4. The number of H-pyrrole nitrogens is 1. The van der Waals surface area contributed by atoms with E-state index in [4.69, 9.17) is 1.43 Å². The molecule has 1 rings (SSSR count). The van der Waals surface area contributed by atoms with E-state index >= 15 is 0 Å². The number of aromatic amines is 1. The summed E-state index contributed by atoms with van der Waals surface area (Å²) in [5.74, 6) is -0.657. The van der Waals surface area contributed by atoms with E-state index in [0.717, 1.165) is 5.56 Å². The fourth-order valence-corrected chi connectivity index (χ4v) is 0.945. The maximum Gasteiger partial charge on any atom is 0.352 e. The predicted molar refractivity (Wildman–Crippen MR) is 46.5 cm³/mol. The maximum atomic E-state index is 10.9. The Morgan fingerprint density at radius 3 is 2.75 bits per heavy atom. The van der Waals surface area contributed by atoms with E-state index in [0.29, 0.717) is 5.69 Å². The lowest BCUT2D eigenvalue weighted by atomic mass is 9.89. The quantitative estimate of drug-likeness (QED) is 0.674. The predicted octanol–water partition coefficient (Wildman–Crippen LogP) is 2.01. The molecule has 66 valence electrons. The zero-order chi connectivity index (χ0) is 10.1. The lowest BCUT2D eigenvalue weighted by Crippen LogP contribution is -2.09. The summed E-state index contributed by atoms with van der Waals surface area (Å²) in [6, 6.07) is 1.71. The van der Waals surface area contributed by atoms with E-state index in [-0.39, 0.29) is 5.41 Å². The summed E-state index contributed by atoms with van der Waals surface area (Å²) in [6.45, 7) is 6.14. The molecule has 0 atom stereocenters. The molecule has 0 radical (unpaired) electrons. The van der Waals surface area contributed by atoms with Gasteiger partial charge in [-0.05, 0) is 17.0 Å². The average Bonchev–Trinajstić information content (AvgIpc) is 2.50. The number of nitrogens with one attached hydrogen (secondary N) is 1. The molecule has 3 nitrogen and oxygen atoms in total. The fourth-order valence-electron chi connectivity index (χ4n) is 0.945. The van der Waals surface area contributed by atoms with Gasteiger partial charge >= 0.3 is 5.97 Å². The van der Waals surface area contributed by atoms with Crippen LogP contribution in [0.15, 0.2) is 12.3 Å². The maximum absolute atomic E-state index is 10.9. The van der Waals surface area contributed by atoms with Gasteiger partial charge in [-0.3, -0.25) is 0 Å². The smallest absolute Gasteiger partial charge is 0.352 e. The van der Waals surface area contributed by atoms with Gasteiger partial charge in [-0.25, -0.2) is 4.79 Å². The molecule has 12 heavy (non-hydrogen) atoms. The summed E-state index contributed by atoms with van der Waals surface area (Å²) in [4.78, 5) is 13.7. The molecule has 0 unspecified atom stereocenters. The topological polar surface area (TPSA) is 53.1 Å². The summed E-state index contributed by atoms with van der Waals surface area (Å²) < 4.78 is 6.44. The van der Waals surface area contributed by atoms with Crippen LogP contribution in [0.5, 0.6) is 0 Å². The molecular formula is C9H13NO2. The van der Waals surface area contributed by atoms with Gasteiger partial charge in [0.2, 0.25) is 0 Å². The van der Waals surface area contributed by atoms with Gasteiger partial charge in [0.15, 0.2) is 0 Å². The van der Waals surface area contributed by atoms with Crippen LogP contribution in [0.2, 0.25) is 0 Å². The van der Waals surface area contributed by atoms with Crippen molar-refractivity contribution < 1.29 is 9.90 Å². The second-order valence-corrected chi connectivity index (χ2v) is 3.84. The Labute approximate surface area is 72.9 Å². The molecule has 0 saturated heterocycles. The fraction of sp³-hybridized carbons (Fsp3) is 0.444. The van der Waals surface area contributed by atoms with Gasteiger partial charge in [-0.1, -0.05) is 20.8 Å². The highest BCUT2D eigenvalue weighted by Crippen LogP contribution is 2.22. The zero-order valence-electron chi connectivity index (χ0n) is 8.47. The highest BCUT2D eigenvalue weighted by atomic mass is 16.4. The molecule has 0 aromatic carbocycles. The summed E-state index contributed by atoms with van der Waals surface area (Å²) in [5.41, 5.74) is 1.34. The Morgan fingerprint density at radius 2 is 2.33 bits per heavy atom. The Balaban J connectivity index is 2.93. The molecule has 0 bridgehead atoms. The number of aromatic carboxylic acids is 1. The highest BCUT2D eigenvalue weighted by Gasteiger charge is 2.16. The molecule has 1 heterocycles. The molecule has 0 spiro atoms. The second kappa shape index (κ2) is 2.66. The third-order valence-corrected chi connectivity index (χ3v) is 1.77. The number of carbonyl (C=O) groups is 1. The first kappa shape index (κ1) is 7.40. The monoisotopic (exact) mass is 168 g/mol. The van der Waals surface area contributed by atoms with Crippen LogP contribution in [0.25, 0.3) is 1.43 Å². The molecular weight excluding hydrogens is 154 g/mol.